The van der Waals surface area contributed by atoms with Gasteiger partial charge in [-0.15, -0.1) is 10.2 Å². The lowest BCUT2D eigenvalue weighted by atomic mass is 10.1. The molecule has 9 nitrogen and oxygen atoms in total. The van der Waals surface area contributed by atoms with Crippen LogP contribution in [0.3, 0.4) is 0 Å². The number of nitrogens with two attached hydrogens (primary N) is 1. The van der Waals surface area contributed by atoms with Gasteiger partial charge in [-0.1, -0.05) is 24.3 Å². The Morgan fingerprint density at radius 2 is 1.66 bits per heavy atom. The highest BCUT2D eigenvalue weighted by atomic mass is 32.2. The molecule has 0 saturated heterocycles. The maximum absolute atomic E-state index is 12.9. The Balaban J connectivity index is 1.53. The summed E-state index contributed by atoms with van der Waals surface area (Å²) in [6.45, 7) is 3.09. The number of nitrogen functional groups attached to an aromatic ring is 1. The lowest BCUT2D eigenvalue weighted by molar-refractivity contribution is 0.344. The first-order valence-electron chi connectivity index (χ1n) is 12.0. The lowest BCUT2D eigenvalue weighted by Crippen LogP contribution is -2.21. The van der Waals surface area contributed by atoms with Crippen LogP contribution in [0.25, 0.3) is 34.3 Å². The summed E-state index contributed by atoms with van der Waals surface area (Å²) in [6.07, 6.45) is 0.476. The van der Waals surface area contributed by atoms with Gasteiger partial charge in [0.2, 0.25) is 5.89 Å². The fraction of sp³-hybridized carbons (Fsp3) is 0.308. The van der Waals surface area contributed by atoms with Crippen molar-refractivity contribution in [2.45, 2.75) is 43.1 Å². The first kappa shape index (κ1) is 27.3. The molecule has 2 unspecified atom stereocenters. The third-order valence-corrected chi connectivity index (χ3v) is 8.13. The van der Waals surface area contributed by atoms with Crippen molar-refractivity contribution in [2.75, 3.05) is 19.0 Å². The zero-order valence-electron chi connectivity index (χ0n) is 20.9. The van der Waals surface area contributed by atoms with E-state index in [1.165, 1.54) is 32.2 Å². The molecule has 0 amide bonds. The zero-order chi connectivity index (χ0) is 27.3. The molecule has 4 aromatic rings. The van der Waals surface area contributed by atoms with Crippen LogP contribution in [-0.2, 0) is 16.4 Å². The van der Waals surface area contributed by atoms with E-state index in [0.29, 0.717) is 23.4 Å². The number of hydrogen-bond acceptors (Lipinski definition) is 9. The molecule has 3 N–H and O–H groups in total. The van der Waals surface area contributed by atoms with Crippen molar-refractivity contribution in [3.8, 4) is 34.3 Å². The van der Waals surface area contributed by atoms with Gasteiger partial charge in [0.25, 0.3) is 5.89 Å². The van der Waals surface area contributed by atoms with Crippen LogP contribution in [0.2, 0.25) is 0 Å². The molecule has 0 aliphatic carbocycles. The quantitative estimate of drug-likeness (QED) is 0.282. The number of hydrogen-bond donors (Lipinski definition) is 2. The molecule has 0 spiro atoms. The van der Waals surface area contributed by atoms with E-state index in [9.17, 15) is 17.2 Å². The Bertz CT molecular complexity index is 1480. The molecule has 2 aromatic carbocycles. The normalized spacial score (nSPS) is 13.4. The molecule has 0 bridgehead atoms. The van der Waals surface area contributed by atoms with Crippen molar-refractivity contribution in [3.05, 3.63) is 60.3 Å². The molecule has 2 aromatic heterocycles. The number of alkyl halides is 2. The summed E-state index contributed by atoms with van der Waals surface area (Å²) in [6, 6.07) is 13.5. The minimum atomic E-state index is -3.64. The fourth-order valence-electron chi connectivity index (χ4n) is 3.67. The Morgan fingerprint density at radius 1 is 1.00 bits per heavy atom. The summed E-state index contributed by atoms with van der Waals surface area (Å²) in [5.41, 5.74) is 8.91. The summed E-state index contributed by atoms with van der Waals surface area (Å²) in [5.74, 6) is 0.431. The van der Waals surface area contributed by atoms with Crippen LogP contribution in [0, 0.1) is 0 Å². The number of anilines is 1. The molecule has 0 aliphatic rings. The van der Waals surface area contributed by atoms with Gasteiger partial charge in [-0.05, 0) is 50.1 Å². The summed E-state index contributed by atoms with van der Waals surface area (Å²) in [7, 11) is -3.64. The lowest BCUT2D eigenvalue weighted by Gasteiger charge is -2.11. The Morgan fingerprint density at radius 3 is 2.32 bits per heavy atom. The van der Waals surface area contributed by atoms with Crippen LogP contribution < -0.4 is 11.1 Å². The number of benzene rings is 2. The molecule has 0 saturated carbocycles. The summed E-state index contributed by atoms with van der Waals surface area (Å²) >= 11 is 0. The molecule has 2 atom stereocenters. The van der Waals surface area contributed by atoms with Crippen LogP contribution >= 0.6 is 0 Å². The molecule has 12 heteroatoms. The Kier molecular flexibility index (Phi) is 8.42. The first-order valence-corrected chi connectivity index (χ1v) is 13.5. The van der Waals surface area contributed by atoms with E-state index < -0.39 is 27.9 Å². The highest BCUT2D eigenvalue weighted by Crippen LogP contribution is 2.29. The number of sulfone groups is 1. The van der Waals surface area contributed by atoms with Crippen LogP contribution in [0.5, 0.6) is 0 Å². The molecule has 0 aliphatic heterocycles. The van der Waals surface area contributed by atoms with E-state index in [0.717, 1.165) is 5.56 Å². The van der Waals surface area contributed by atoms with Gasteiger partial charge in [-0.25, -0.2) is 22.8 Å². The molecule has 2 heterocycles. The molecular formula is C26H28F2N6O3S. The van der Waals surface area contributed by atoms with E-state index in [-0.39, 0.29) is 41.2 Å². The van der Waals surface area contributed by atoms with Gasteiger partial charge >= 0.3 is 0 Å². The SMILES string of the molecule is CC(F)CNCc1ccc(-c2nnc(-c3nc(-c4ccc(S(=O)(=O)C(C)CCF)cc4)cnc3N)o2)cc1. The summed E-state index contributed by atoms with van der Waals surface area (Å²) in [5, 5.41) is 10.4. The third kappa shape index (κ3) is 6.20. The van der Waals surface area contributed by atoms with E-state index >= 15 is 0 Å². The second-order valence-corrected chi connectivity index (χ2v) is 11.2. The van der Waals surface area contributed by atoms with Gasteiger partial charge in [0.05, 0.1) is 28.7 Å². The molecular weight excluding hydrogens is 514 g/mol. The van der Waals surface area contributed by atoms with Gasteiger partial charge in [0.15, 0.2) is 21.3 Å². The predicted molar refractivity (Wildman–Crippen MR) is 140 cm³/mol. The van der Waals surface area contributed by atoms with Crippen molar-refractivity contribution in [1.29, 1.82) is 0 Å². The van der Waals surface area contributed by atoms with Crippen molar-refractivity contribution in [1.82, 2.24) is 25.5 Å². The molecule has 0 fully saturated rings. The zero-order valence-corrected chi connectivity index (χ0v) is 21.8. The van der Waals surface area contributed by atoms with Crippen LogP contribution in [0.15, 0.2) is 64.0 Å². The monoisotopic (exact) mass is 542 g/mol. The predicted octanol–water partition coefficient (Wildman–Crippen LogP) is 4.41. The third-order valence-electron chi connectivity index (χ3n) is 5.91. The van der Waals surface area contributed by atoms with Gasteiger partial charge < -0.3 is 15.5 Å². The van der Waals surface area contributed by atoms with Crippen molar-refractivity contribution >= 4 is 15.7 Å². The number of nitrogens with one attached hydrogen (secondary N) is 1. The fourth-order valence-corrected chi connectivity index (χ4v) is 5.05. The number of nitrogens with zero attached hydrogens (tertiary/aromatic N) is 4. The number of aromatic nitrogens is 4. The Hall–Kier alpha value is -3.77. The summed E-state index contributed by atoms with van der Waals surface area (Å²) in [4.78, 5) is 8.80. The van der Waals surface area contributed by atoms with E-state index in [2.05, 4.69) is 25.5 Å². The summed E-state index contributed by atoms with van der Waals surface area (Å²) < 4.78 is 56.6. The second-order valence-electron chi connectivity index (χ2n) is 8.87. The maximum atomic E-state index is 12.9. The number of rotatable bonds is 11. The first-order chi connectivity index (χ1) is 18.2. The average molecular weight is 543 g/mol. The average Bonchev–Trinajstić information content (AvgIpc) is 3.39. The van der Waals surface area contributed by atoms with Crippen LogP contribution in [0.4, 0.5) is 14.6 Å². The molecule has 0 radical (unpaired) electrons. The highest BCUT2D eigenvalue weighted by Gasteiger charge is 2.23. The number of halogens is 2. The Labute approximate surface area is 219 Å². The highest BCUT2D eigenvalue weighted by molar-refractivity contribution is 7.92. The van der Waals surface area contributed by atoms with Crippen LogP contribution in [-0.4, -0.2) is 53.2 Å². The van der Waals surface area contributed by atoms with E-state index in [4.69, 9.17) is 10.2 Å². The largest absolute Gasteiger partial charge is 0.414 e. The minimum Gasteiger partial charge on any atom is -0.414 e. The molecule has 4 rings (SSSR count). The van der Waals surface area contributed by atoms with Crippen molar-refractivity contribution in [2.24, 2.45) is 0 Å². The second kappa shape index (κ2) is 11.7. The minimum absolute atomic E-state index is 0.0653. The van der Waals surface area contributed by atoms with Gasteiger partial charge in [0.1, 0.15) is 6.17 Å². The van der Waals surface area contributed by atoms with E-state index in [1.807, 2.05) is 24.3 Å². The smallest absolute Gasteiger partial charge is 0.270 e. The van der Waals surface area contributed by atoms with Crippen molar-refractivity contribution < 1.29 is 21.6 Å². The van der Waals surface area contributed by atoms with Gasteiger partial charge in [-0.2, -0.15) is 0 Å². The van der Waals surface area contributed by atoms with Crippen LogP contribution in [0.1, 0.15) is 25.8 Å². The van der Waals surface area contributed by atoms with Crippen molar-refractivity contribution in [3.63, 3.8) is 0 Å². The van der Waals surface area contributed by atoms with E-state index in [1.54, 1.807) is 12.1 Å². The molecule has 38 heavy (non-hydrogen) atoms. The van der Waals surface area contributed by atoms with Gasteiger partial charge in [-0.3, -0.25) is 4.39 Å². The topological polar surface area (TPSA) is 137 Å². The molecule has 200 valence electrons. The maximum Gasteiger partial charge on any atom is 0.270 e. The standard InChI is InChI=1S/C26H28F2N6O3S/c1-16(28)13-30-14-18-3-5-20(6-4-18)25-33-34-26(37-25)23-24(29)31-15-22(32-23)19-7-9-21(10-8-19)38(35,36)17(2)11-12-27/h3-10,15-17,30H,11-14H2,1-2H3,(H2,29,31). The van der Waals surface area contributed by atoms with Gasteiger partial charge in [0, 0.05) is 24.2 Å².